The summed E-state index contributed by atoms with van der Waals surface area (Å²) in [6.07, 6.45) is 4.17. The topological polar surface area (TPSA) is 71.3 Å². The summed E-state index contributed by atoms with van der Waals surface area (Å²) in [6.45, 7) is 9.78. The highest BCUT2D eigenvalue weighted by molar-refractivity contribution is 7.98. The molecule has 2 aromatic carbocycles. The van der Waals surface area contributed by atoms with E-state index in [0.29, 0.717) is 0 Å². The van der Waals surface area contributed by atoms with Gasteiger partial charge in [0.2, 0.25) is 0 Å². The Morgan fingerprint density at radius 3 is 2.63 bits per heavy atom. The van der Waals surface area contributed by atoms with Crippen molar-refractivity contribution in [3.8, 4) is 0 Å². The van der Waals surface area contributed by atoms with Crippen LogP contribution in [0.2, 0.25) is 0 Å². The van der Waals surface area contributed by atoms with Gasteiger partial charge in [-0.05, 0) is 57.8 Å². The maximum absolute atomic E-state index is 11.4. The lowest BCUT2D eigenvalue weighted by atomic mass is 10.1. The summed E-state index contributed by atoms with van der Waals surface area (Å²) in [5.41, 5.74) is 2.73. The van der Waals surface area contributed by atoms with Gasteiger partial charge in [0.05, 0.1) is 21.6 Å². The third-order valence-corrected chi connectivity index (χ3v) is 6.35. The van der Waals surface area contributed by atoms with Gasteiger partial charge in [-0.15, -0.1) is 11.8 Å². The minimum atomic E-state index is -0.348. The molecular formula is C23H30N4O2S. The summed E-state index contributed by atoms with van der Waals surface area (Å²) in [7, 11) is 0. The van der Waals surface area contributed by atoms with E-state index in [-0.39, 0.29) is 16.7 Å². The number of aromatic nitrogens is 1. The van der Waals surface area contributed by atoms with Crippen molar-refractivity contribution in [3.63, 3.8) is 0 Å². The first-order valence-electron chi connectivity index (χ1n) is 10.5. The number of pyridine rings is 1. The van der Waals surface area contributed by atoms with Gasteiger partial charge in [-0.3, -0.25) is 10.1 Å². The summed E-state index contributed by atoms with van der Waals surface area (Å²) >= 11 is 1.66. The minimum absolute atomic E-state index is 0.0851. The second-order valence-electron chi connectivity index (χ2n) is 7.52. The normalized spacial score (nSPS) is 12.6. The number of rotatable bonds is 10. The number of hydrogen-bond donors (Lipinski definition) is 1. The molecule has 1 aromatic heterocycles. The molecule has 1 unspecified atom stereocenters. The van der Waals surface area contributed by atoms with E-state index >= 15 is 0 Å². The van der Waals surface area contributed by atoms with Crippen LogP contribution in [0.3, 0.4) is 0 Å². The Morgan fingerprint density at radius 1 is 1.20 bits per heavy atom. The molecule has 0 saturated carbocycles. The quantitative estimate of drug-likeness (QED) is 0.187. The van der Waals surface area contributed by atoms with Gasteiger partial charge < -0.3 is 10.2 Å². The number of para-hydroxylation sites is 1. The molecule has 0 aliphatic rings. The van der Waals surface area contributed by atoms with Gasteiger partial charge in [0.15, 0.2) is 0 Å². The molecule has 0 spiro atoms. The Morgan fingerprint density at radius 2 is 1.97 bits per heavy atom. The molecule has 3 rings (SSSR count). The first-order chi connectivity index (χ1) is 14.5. The SMILES string of the molecule is CCN(CC)CCCC(C)Nc1c2cc([N+](=O)[O-])ccc2nc2c(SC)cccc12. The molecule has 1 N–H and O–H groups in total. The number of non-ortho nitro benzene ring substituents is 1. The van der Waals surface area contributed by atoms with E-state index in [0.717, 1.165) is 64.9 Å². The van der Waals surface area contributed by atoms with Crippen molar-refractivity contribution < 1.29 is 4.92 Å². The predicted molar refractivity (Wildman–Crippen MR) is 128 cm³/mol. The highest BCUT2D eigenvalue weighted by atomic mass is 32.2. The number of benzene rings is 2. The second kappa shape index (κ2) is 10.1. The van der Waals surface area contributed by atoms with Crippen LogP contribution in [-0.4, -0.2) is 46.7 Å². The van der Waals surface area contributed by atoms with E-state index in [1.807, 2.05) is 18.4 Å². The Balaban J connectivity index is 2.00. The molecule has 1 atom stereocenters. The van der Waals surface area contributed by atoms with Gasteiger partial charge in [0, 0.05) is 33.8 Å². The minimum Gasteiger partial charge on any atom is -0.381 e. The predicted octanol–water partition coefficient (Wildman–Crippen LogP) is 5.94. The fourth-order valence-corrected chi connectivity index (χ4v) is 4.40. The number of nitrogens with zero attached hydrogens (tertiary/aromatic N) is 3. The molecule has 0 fully saturated rings. The van der Waals surface area contributed by atoms with E-state index in [4.69, 9.17) is 4.98 Å². The Labute approximate surface area is 182 Å². The maximum atomic E-state index is 11.4. The summed E-state index contributed by atoms with van der Waals surface area (Å²) in [4.78, 5) is 19.4. The number of nitro groups is 1. The van der Waals surface area contributed by atoms with Gasteiger partial charge in [-0.1, -0.05) is 26.0 Å². The van der Waals surface area contributed by atoms with E-state index in [1.54, 1.807) is 23.9 Å². The third-order valence-electron chi connectivity index (χ3n) is 5.58. The summed E-state index contributed by atoms with van der Waals surface area (Å²) in [5, 5.41) is 16.8. The van der Waals surface area contributed by atoms with Crippen LogP contribution in [-0.2, 0) is 0 Å². The smallest absolute Gasteiger partial charge is 0.270 e. The summed E-state index contributed by atoms with van der Waals surface area (Å²) in [6, 6.07) is 11.3. The highest BCUT2D eigenvalue weighted by Crippen LogP contribution is 2.37. The molecule has 1 heterocycles. The Bertz CT molecular complexity index is 1040. The van der Waals surface area contributed by atoms with Gasteiger partial charge in [0.25, 0.3) is 5.69 Å². The Hall–Kier alpha value is -2.38. The fraction of sp³-hybridized carbons (Fsp3) is 0.435. The van der Waals surface area contributed by atoms with E-state index < -0.39 is 0 Å². The van der Waals surface area contributed by atoms with Crippen molar-refractivity contribution >= 4 is 44.9 Å². The molecule has 0 aliphatic carbocycles. The molecule has 0 saturated heterocycles. The molecule has 0 bridgehead atoms. The number of hydrogen-bond acceptors (Lipinski definition) is 6. The fourth-order valence-electron chi connectivity index (χ4n) is 3.84. The summed E-state index contributed by atoms with van der Waals surface area (Å²) < 4.78 is 0. The standard InChI is InChI=1S/C23H30N4O2S/c1-5-26(6-2)14-8-9-16(3)24-22-18-10-7-11-21(30-4)23(18)25-20-13-12-17(27(28)29)15-19(20)22/h7,10-13,15-16H,5-6,8-9,14H2,1-4H3,(H,24,25). The number of fused-ring (bicyclic) bond motifs is 2. The molecular weight excluding hydrogens is 396 g/mol. The zero-order valence-corrected chi connectivity index (χ0v) is 19.0. The number of nitrogens with one attached hydrogen (secondary N) is 1. The third kappa shape index (κ3) is 4.84. The Kier molecular flexibility index (Phi) is 7.50. The number of thioether (sulfide) groups is 1. The van der Waals surface area contributed by atoms with Crippen molar-refractivity contribution in [3.05, 3.63) is 46.5 Å². The van der Waals surface area contributed by atoms with Gasteiger partial charge in [-0.2, -0.15) is 0 Å². The largest absolute Gasteiger partial charge is 0.381 e. The van der Waals surface area contributed by atoms with Crippen molar-refractivity contribution in [2.24, 2.45) is 0 Å². The zero-order valence-electron chi connectivity index (χ0n) is 18.1. The molecule has 0 aliphatic heterocycles. The molecule has 160 valence electrons. The van der Waals surface area contributed by atoms with Crippen LogP contribution in [0.1, 0.15) is 33.6 Å². The van der Waals surface area contributed by atoms with Crippen molar-refractivity contribution in [1.82, 2.24) is 9.88 Å². The average Bonchev–Trinajstić information content (AvgIpc) is 2.75. The van der Waals surface area contributed by atoms with Gasteiger partial charge >= 0.3 is 0 Å². The lowest BCUT2D eigenvalue weighted by Crippen LogP contribution is -2.25. The molecule has 30 heavy (non-hydrogen) atoms. The summed E-state index contributed by atoms with van der Waals surface area (Å²) in [5.74, 6) is 0. The number of anilines is 1. The van der Waals surface area contributed by atoms with Crippen LogP contribution < -0.4 is 5.32 Å². The van der Waals surface area contributed by atoms with Crippen LogP contribution >= 0.6 is 11.8 Å². The van der Waals surface area contributed by atoms with Crippen LogP contribution in [0.15, 0.2) is 41.3 Å². The molecule has 0 radical (unpaired) electrons. The van der Waals surface area contributed by atoms with Crippen LogP contribution in [0.4, 0.5) is 11.4 Å². The zero-order chi connectivity index (χ0) is 21.7. The molecule has 3 aromatic rings. The van der Waals surface area contributed by atoms with E-state index in [1.165, 1.54) is 6.07 Å². The van der Waals surface area contributed by atoms with Crippen LogP contribution in [0.25, 0.3) is 21.8 Å². The highest BCUT2D eigenvalue weighted by Gasteiger charge is 2.16. The first kappa shape index (κ1) is 22.3. The number of nitro benzene ring substituents is 1. The molecule has 7 heteroatoms. The lowest BCUT2D eigenvalue weighted by Gasteiger charge is -2.22. The van der Waals surface area contributed by atoms with Crippen molar-refractivity contribution in [2.75, 3.05) is 31.2 Å². The average molecular weight is 427 g/mol. The maximum Gasteiger partial charge on any atom is 0.270 e. The lowest BCUT2D eigenvalue weighted by molar-refractivity contribution is -0.384. The van der Waals surface area contributed by atoms with Gasteiger partial charge in [-0.25, -0.2) is 4.98 Å². The van der Waals surface area contributed by atoms with Crippen molar-refractivity contribution in [2.45, 2.75) is 44.6 Å². The van der Waals surface area contributed by atoms with E-state index in [2.05, 4.69) is 37.1 Å². The second-order valence-corrected chi connectivity index (χ2v) is 8.36. The van der Waals surface area contributed by atoms with Crippen LogP contribution in [0, 0.1) is 10.1 Å². The van der Waals surface area contributed by atoms with Crippen molar-refractivity contribution in [1.29, 1.82) is 0 Å². The monoisotopic (exact) mass is 426 g/mol. The first-order valence-corrected chi connectivity index (χ1v) is 11.7. The molecule has 0 amide bonds. The van der Waals surface area contributed by atoms with Crippen LogP contribution in [0.5, 0.6) is 0 Å². The van der Waals surface area contributed by atoms with E-state index in [9.17, 15) is 10.1 Å². The van der Waals surface area contributed by atoms with Gasteiger partial charge in [0.1, 0.15) is 0 Å². The molecule has 6 nitrogen and oxygen atoms in total.